The van der Waals surface area contributed by atoms with Crippen LogP contribution in [0.3, 0.4) is 0 Å². The van der Waals surface area contributed by atoms with Gasteiger partial charge in [0.1, 0.15) is 0 Å². The van der Waals surface area contributed by atoms with Gasteiger partial charge in [-0.05, 0) is 13.0 Å². The van der Waals surface area contributed by atoms with Gasteiger partial charge in [-0.25, -0.2) is 4.98 Å². The maximum Gasteiger partial charge on any atom is 0.193 e. The number of hydrogen-bond acceptors (Lipinski definition) is 5. The highest BCUT2D eigenvalue weighted by atomic mass is 35.5. The summed E-state index contributed by atoms with van der Waals surface area (Å²) in [6.07, 6.45) is 3.04. The van der Waals surface area contributed by atoms with Gasteiger partial charge in [-0.2, -0.15) is 10.2 Å². The maximum atomic E-state index is 5.89. The number of hydrazone groups is 2. The monoisotopic (exact) mass is 211 g/mol. The molecule has 1 heterocycles. The van der Waals surface area contributed by atoms with E-state index in [1.807, 2.05) is 0 Å². The lowest BCUT2D eigenvalue weighted by Crippen LogP contribution is -2.09. The lowest BCUT2D eigenvalue weighted by atomic mass is 10.4. The summed E-state index contributed by atoms with van der Waals surface area (Å²) in [5, 5.41) is 9.13. The van der Waals surface area contributed by atoms with E-state index in [1.54, 1.807) is 19.2 Å². The first-order valence-corrected chi connectivity index (χ1v) is 4.23. The summed E-state index contributed by atoms with van der Waals surface area (Å²) < 4.78 is 0. The van der Waals surface area contributed by atoms with Gasteiger partial charge in [0.15, 0.2) is 5.82 Å². The van der Waals surface area contributed by atoms with Crippen molar-refractivity contribution < 1.29 is 0 Å². The average molecular weight is 212 g/mol. The summed E-state index contributed by atoms with van der Waals surface area (Å²) >= 11 is 5.89. The van der Waals surface area contributed by atoms with Gasteiger partial charge in [0.25, 0.3) is 0 Å². The highest BCUT2D eigenvalue weighted by Gasteiger charge is 2.08. The predicted molar refractivity (Wildman–Crippen MR) is 59.9 cm³/mol. The van der Waals surface area contributed by atoms with Crippen LogP contribution >= 0.6 is 11.6 Å². The highest BCUT2D eigenvalue weighted by molar-refractivity contribution is 6.33. The molecule has 0 aromatic carbocycles. The number of pyridine rings is 1. The summed E-state index contributed by atoms with van der Waals surface area (Å²) in [5.41, 5.74) is 5.98. The van der Waals surface area contributed by atoms with Gasteiger partial charge in [-0.1, -0.05) is 11.6 Å². The first-order valence-electron chi connectivity index (χ1n) is 3.85. The summed E-state index contributed by atoms with van der Waals surface area (Å²) in [6, 6.07) is 1.58. The van der Waals surface area contributed by atoms with Gasteiger partial charge in [0.05, 0.1) is 16.9 Å². The molecule has 0 aliphatic carbocycles. The molecule has 0 saturated heterocycles. The molecule has 14 heavy (non-hydrogen) atoms. The smallest absolute Gasteiger partial charge is 0.193 e. The lowest BCUT2D eigenvalue weighted by Gasteiger charge is -2.11. The van der Waals surface area contributed by atoms with Gasteiger partial charge < -0.3 is 5.73 Å². The summed E-state index contributed by atoms with van der Waals surface area (Å²) in [5.74, 6) is 0.397. The lowest BCUT2D eigenvalue weighted by molar-refractivity contribution is 0.910. The van der Waals surface area contributed by atoms with Crippen LogP contribution in [-0.2, 0) is 0 Å². The van der Waals surface area contributed by atoms with Crippen LogP contribution in [0.25, 0.3) is 0 Å². The van der Waals surface area contributed by atoms with Crippen molar-refractivity contribution in [2.45, 2.75) is 6.92 Å². The first kappa shape index (κ1) is 10.5. The molecule has 6 heteroatoms. The van der Waals surface area contributed by atoms with Crippen LogP contribution < -0.4 is 10.9 Å². The minimum absolute atomic E-state index is 0.378. The zero-order valence-electron chi connectivity index (χ0n) is 7.68. The zero-order chi connectivity index (χ0) is 10.6. The maximum absolute atomic E-state index is 5.89. The van der Waals surface area contributed by atoms with Crippen molar-refractivity contribution in [1.29, 1.82) is 0 Å². The standard InChI is InChI=1S/C8H10ClN5/c1-3-13-14(11-2)8-7(9)4-6(10)5-12-8/h3-5H,2,10H2,1H3/b13-3-. The Balaban J connectivity index is 3.10. The molecule has 74 valence electrons. The van der Waals surface area contributed by atoms with E-state index in [-0.39, 0.29) is 0 Å². The van der Waals surface area contributed by atoms with Gasteiger partial charge >= 0.3 is 0 Å². The van der Waals surface area contributed by atoms with Gasteiger partial charge in [0, 0.05) is 12.9 Å². The Bertz CT molecular complexity index is 363. The molecular weight excluding hydrogens is 202 g/mol. The van der Waals surface area contributed by atoms with Crippen LogP contribution in [0.15, 0.2) is 22.5 Å². The fourth-order valence-corrected chi connectivity index (χ4v) is 1.11. The second kappa shape index (κ2) is 4.57. The predicted octanol–water partition coefficient (Wildman–Crippen LogP) is 1.74. The van der Waals surface area contributed by atoms with E-state index in [4.69, 9.17) is 17.3 Å². The van der Waals surface area contributed by atoms with Crippen molar-refractivity contribution in [2.75, 3.05) is 10.9 Å². The highest BCUT2D eigenvalue weighted by Crippen LogP contribution is 2.24. The SMILES string of the molecule is C=NN(/N=C\C)c1ncc(N)cc1Cl. The van der Waals surface area contributed by atoms with Crippen LogP contribution in [0, 0.1) is 0 Å². The number of halogens is 1. The molecule has 0 fully saturated rings. The number of hydrogen-bond donors (Lipinski definition) is 1. The molecule has 2 N–H and O–H groups in total. The third kappa shape index (κ3) is 2.20. The van der Waals surface area contributed by atoms with E-state index in [9.17, 15) is 0 Å². The molecule has 0 amide bonds. The van der Waals surface area contributed by atoms with Crippen LogP contribution in [0.4, 0.5) is 11.5 Å². The molecule has 1 rings (SSSR count). The third-order valence-electron chi connectivity index (χ3n) is 1.39. The molecular formula is C8H10ClN5. The Labute approximate surface area is 86.9 Å². The molecule has 0 aliphatic rings. The van der Waals surface area contributed by atoms with E-state index >= 15 is 0 Å². The van der Waals surface area contributed by atoms with Crippen molar-refractivity contribution in [3.05, 3.63) is 17.3 Å². The van der Waals surface area contributed by atoms with E-state index in [1.165, 1.54) is 11.3 Å². The van der Waals surface area contributed by atoms with Crippen LogP contribution in [-0.4, -0.2) is 17.9 Å². The van der Waals surface area contributed by atoms with Gasteiger partial charge in [0.2, 0.25) is 0 Å². The molecule has 0 spiro atoms. The topological polar surface area (TPSA) is 66.9 Å². The van der Waals surface area contributed by atoms with E-state index < -0.39 is 0 Å². The van der Waals surface area contributed by atoms with E-state index in [0.29, 0.717) is 16.5 Å². The number of nitrogens with zero attached hydrogens (tertiary/aromatic N) is 4. The molecule has 0 saturated carbocycles. The van der Waals surface area contributed by atoms with Gasteiger partial charge in [-0.15, -0.1) is 5.12 Å². The first-order chi connectivity index (χ1) is 6.69. The largest absolute Gasteiger partial charge is 0.397 e. The molecule has 0 aliphatic heterocycles. The van der Waals surface area contributed by atoms with Crippen LogP contribution in [0.5, 0.6) is 0 Å². The molecule has 5 nitrogen and oxygen atoms in total. The van der Waals surface area contributed by atoms with Crippen molar-refractivity contribution in [3.8, 4) is 0 Å². The fourth-order valence-electron chi connectivity index (χ4n) is 0.860. The van der Waals surface area contributed by atoms with Crippen molar-refractivity contribution in [1.82, 2.24) is 4.98 Å². The summed E-state index contributed by atoms with van der Waals surface area (Å²) in [6.45, 7) is 5.11. The van der Waals surface area contributed by atoms with Gasteiger partial charge in [-0.3, -0.25) is 0 Å². The Kier molecular flexibility index (Phi) is 3.41. The quantitative estimate of drug-likeness (QED) is 0.612. The third-order valence-corrected chi connectivity index (χ3v) is 1.67. The average Bonchev–Trinajstić information content (AvgIpc) is 2.15. The number of nitrogen functional groups attached to an aromatic ring is 1. The fraction of sp³-hybridized carbons (Fsp3) is 0.125. The molecule has 1 aromatic heterocycles. The minimum atomic E-state index is 0.378. The summed E-state index contributed by atoms with van der Waals surface area (Å²) in [4.78, 5) is 3.99. The zero-order valence-corrected chi connectivity index (χ0v) is 8.44. The molecule has 0 atom stereocenters. The second-order valence-corrected chi connectivity index (χ2v) is 2.79. The number of anilines is 2. The van der Waals surface area contributed by atoms with Crippen LogP contribution in [0.2, 0.25) is 5.02 Å². The number of aromatic nitrogens is 1. The minimum Gasteiger partial charge on any atom is -0.397 e. The molecule has 0 bridgehead atoms. The molecule has 1 aromatic rings. The van der Waals surface area contributed by atoms with E-state index in [2.05, 4.69) is 21.9 Å². The Morgan fingerprint density at radius 2 is 2.43 bits per heavy atom. The van der Waals surface area contributed by atoms with E-state index in [0.717, 1.165) is 0 Å². The van der Waals surface area contributed by atoms with Crippen molar-refractivity contribution >= 4 is 36.0 Å². The van der Waals surface area contributed by atoms with Crippen molar-refractivity contribution in [3.63, 3.8) is 0 Å². The summed E-state index contributed by atoms with van der Waals surface area (Å²) in [7, 11) is 0. The Hall–Kier alpha value is -1.62. The molecule has 0 radical (unpaired) electrons. The number of nitrogens with two attached hydrogens (primary N) is 1. The number of rotatable bonds is 3. The molecule has 0 unspecified atom stereocenters. The van der Waals surface area contributed by atoms with Crippen molar-refractivity contribution in [2.24, 2.45) is 10.2 Å². The second-order valence-electron chi connectivity index (χ2n) is 2.38. The normalized spacial score (nSPS) is 10.4. The Morgan fingerprint density at radius 1 is 1.71 bits per heavy atom. The Morgan fingerprint density at radius 3 is 2.93 bits per heavy atom. The van der Waals surface area contributed by atoms with Crippen LogP contribution in [0.1, 0.15) is 6.92 Å².